The quantitative estimate of drug-likeness (QED) is 0.789. The summed E-state index contributed by atoms with van der Waals surface area (Å²) in [4.78, 5) is 12.0. The Hall–Kier alpha value is -1.52. The molecule has 2 aromatic carbocycles. The molecule has 0 spiro atoms. The van der Waals surface area contributed by atoms with Gasteiger partial charge in [-0.15, -0.1) is 0 Å². The summed E-state index contributed by atoms with van der Waals surface area (Å²) in [6.07, 6.45) is 0. The largest absolute Gasteiger partial charge is 0.351 e. The summed E-state index contributed by atoms with van der Waals surface area (Å²) in [5.41, 5.74) is 2.15. The van der Waals surface area contributed by atoms with Crippen molar-refractivity contribution in [3.63, 3.8) is 0 Å². The fourth-order valence-electron chi connectivity index (χ4n) is 2.00. The van der Waals surface area contributed by atoms with E-state index in [-0.39, 0.29) is 11.7 Å². The van der Waals surface area contributed by atoms with Crippen LogP contribution in [0.15, 0.2) is 42.5 Å². The molecule has 0 unspecified atom stereocenters. The van der Waals surface area contributed by atoms with E-state index in [9.17, 15) is 9.18 Å². The summed E-state index contributed by atoms with van der Waals surface area (Å²) in [5.74, 6) is 0.820. The second-order valence-corrected chi connectivity index (χ2v) is 6.34. The number of thioether (sulfide) groups is 1. The highest BCUT2D eigenvalue weighted by Crippen LogP contribution is 2.23. The minimum absolute atomic E-state index is 0.0809. The third kappa shape index (κ3) is 4.49. The number of carbonyl (C=O) groups excluding carboxylic acids is 1. The van der Waals surface area contributed by atoms with Crippen LogP contribution in [-0.2, 0) is 5.75 Å². The van der Waals surface area contributed by atoms with Crippen molar-refractivity contribution in [2.24, 2.45) is 0 Å². The van der Waals surface area contributed by atoms with Crippen LogP contribution < -0.4 is 5.32 Å². The van der Waals surface area contributed by atoms with Crippen molar-refractivity contribution >= 4 is 29.3 Å². The van der Waals surface area contributed by atoms with Crippen LogP contribution in [0.3, 0.4) is 0 Å². The topological polar surface area (TPSA) is 29.1 Å². The molecule has 0 radical (unpaired) electrons. The van der Waals surface area contributed by atoms with Gasteiger partial charge in [0.15, 0.2) is 0 Å². The minimum atomic E-state index is -0.288. The molecular weight excluding hydrogens is 321 g/mol. The van der Waals surface area contributed by atoms with Crippen LogP contribution in [0.5, 0.6) is 0 Å². The number of nitrogens with one attached hydrogen (secondary N) is 1. The van der Waals surface area contributed by atoms with Crippen LogP contribution in [-0.4, -0.2) is 18.2 Å². The summed E-state index contributed by atoms with van der Waals surface area (Å²) in [6, 6.07) is 12.1. The predicted molar refractivity (Wildman–Crippen MR) is 91.1 cm³/mol. The number of amides is 1. The summed E-state index contributed by atoms with van der Waals surface area (Å²) in [5, 5.41) is 3.31. The Labute approximate surface area is 139 Å². The van der Waals surface area contributed by atoms with E-state index in [1.165, 1.54) is 17.8 Å². The van der Waals surface area contributed by atoms with E-state index < -0.39 is 0 Å². The number of carbonyl (C=O) groups is 1. The SMILES string of the molecule is Cc1ccccc1C(=O)NCCSCc1c(F)cccc1Cl. The van der Waals surface area contributed by atoms with E-state index >= 15 is 0 Å². The summed E-state index contributed by atoms with van der Waals surface area (Å²) in [6.45, 7) is 2.44. The van der Waals surface area contributed by atoms with E-state index in [0.717, 1.165) is 5.56 Å². The van der Waals surface area contributed by atoms with Crippen molar-refractivity contribution in [3.05, 3.63) is 70.0 Å². The molecule has 116 valence electrons. The van der Waals surface area contributed by atoms with Crippen LogP contribution in [0.4, 0.5) is 4.39 Å². The van der Waals surface area contributed by atoms with Crippen LogP contribution in [0.25, 0.3) is 0 Å². The van der Waals surface area contributed by atoms with Crippen molar-refractivity contribution < 1.29 is 9.18 Å². The second kappa shape index (κ2) is 8.20. The molecule has 0 fully saturated rings. The van der Waals surface area contributed by atoms with Crippen molar-refractivity contribution in [2.75, 3.05) is 12.3 Å². The number of halogens is 2. The third-order valence-electron chi connectivity index (χ3n) is 3.23. The van der Waals surface area contributed by atoms with Gasteiger partial charge in [-0.3, -0.25) is 4.79 Å². The Kier molecular flexibility index (Phi) is 6.28. The first-order valence-corrected chi connectivity index (χ1v) is 8.47. The van der Waals surface area contributed by atoms with Gasteiger partial charge in [-0.25, -0.2) is 4.39 Å². The Morgan fingerprint density at radius 2 is 2.00 bits per heavy atom. The predicted octanol–water partition coefficient (Wildman–Crippen LogP) is 4.45. The molecular formula is C17H17ClFNOS. The van der Waals surface area contributed by atoms with Gasteiger partial charge in [0.1, 0.15) is 5.82 Å². The number of rotatable bonds is 6. The highest BCUT2D eigenvalue weighted by Gasteiger charge is 2.08. The zero-order chi connectivity index (χ0) is 15.9. The maximum atomic E-state index is 13.6. The lowest BCUT2D eigenvalue weighted by Crippen LogP contribution is -2.26. The van der Waals surface area contributed by atoms with Gasteiger partial charge in [0.05, 0.1) is 0 Å². The molecule has 2 rings (SSSR count). The van der Waals surface area contributed by atoms with Crippen molar-refractivity contribution in [1.82, 2.24) is 5.32 Å². The van der Waals surface area contributed by atoms with Crippen LogP contribution in [0.1, 0.15) is 21.5 Å². The number of hydrogen-bond acceptors (Lipinski definition) is 2. The average Bonchev–Trinajstić information content (AvgIpc) is 2.49. The molecule has 0 saturated carbocycles. The molecule has 1 N–H and O–H groups in total. The van der Waals surface area contributed by atoms with Gasteiger partial charge >= 0.3 is 0 Å². The van der Waals surface area contributed by atoms with E-state index in [2.05, 4.69) is 5.32 Å². The highest BCUT2D eigenvalue weighted by atomic mass is 35.5. The Balaban J connectivity index is 1.76. The lowest BCUT2D eigenvalue weighted by atomic mass is 10.1. The lowest BCUT2D eigenvalue weighted by molar-refractivity contribution is 0.0955. The lowest BCUT2D eigenvalue weighted by Gasteiger charge is -2.08. The first-order valence-electron chi connectivity index (χ1n) is 6.94. The Morgan fingerprint density at radius 3 is 2.73 bits per heavy atom. The van der Waals surface area contributed by atoms with E-state index in [1.807, 2.05) is 25.1 Å². The normalized spacial score (nSPS) is 10.5. The number of aryl methyl sites for hydroxylation is 1. The number of benzene rings is 2. The molecule has 2 nitrogen and oxygen atoms in total. The molecule has 5 heteroatoms. The van der Waals surface area contributed by atoms with Gasteiger partial charge in [-0.05, 0) is 30.7 Å². The van der Waals surface area contributed by atoms with Crippen LogP contribution >= 0.6 is 23.4 Å². The fourth-order valence-corrected chi connectivity index (χ4v) is 3.20. The van der Waals surface area contributed by atoms with Gasteiger partial charge in [0.25, 0.3) is 5.91 Å². The molecule has 0 heterocycles. The molecule has 0 atom stereocenters. The first-order chi connectivity index (χ1) is 10.6. The molecule has 0 aliphatic rings. The summed E-state index contributed by atoms with van der Waals surface area (Å²) in [7, 11) is 0. The fraction of sp³-hybridized carbons (Fsp3) is 0.235. The number of hydrogen-bond donors (Lipinski definition) is 1. The average molecular weight is 338 g/mol. The smallest absolute Gasteiger partial charge is 0.251 e. The van der Waals surface area contributed by atoms with Crippen LogP contribution in [0, 0.1) is 12.7 Å². The molecule has 1 amide bonds. The van der Waals surface area contributed by atoms with Crippen LogP contribution in [0.2, 0.25) is 5.02 Å². The van der Waals surface area contributed by atoms with Crippen molar-refractivity contribution in [3.8, 4) is 0 Å². The molecule has 22 heavy (non-hydrogen) atoms. The molecule has 0 saturated heterocycles. The van der Waals surface area contributed by atoms with Gasteiger partial charge in [0, 0.05) is 34.2 Å². The van der Waals surface area contributed by atoms with Gasteiger partial charge in [0.2, 0.25) is 0 Å². The van der Waals surface area contributed by atoms with E-state index in [0.29, 0.717) is 34.2 Å². The molecule has 0 aliphatic carbocycles. The Bertz CT molecular complexity index is 643. The maximum absolute atomic E-state index is 13.6. The van der Waals surface area contributed by atoms with E-state index in [4.69, 9.17) is 11.6 Å². The molecule has 0 bridgehead atoms. The molecule has 2 aromatic rings. The second-order valence-electron chi connectivity index (χ2n) is 4.82. The standard InChI is InChI=1S/C17H17ClFNOS/c1-12-5-2-3-6-13(12)17(21)20-9-10-22-11-14-15(18)7-4-8-16(14)19/h2-8H,9-11H2,1H3,(H,20,21). The maximum Gasteiger partial charge on any atom is 0.251 e. The minimum Gasteiger partial charge on any atom is -0.351 e. The highest BCUT2D eigenvalue weighted by molar-refractivity contribution is 7.98. The van der Waals surface area contributed by atoms with Gasteiger partial charge < -0.3 is 5.32 Å². The van der Waals surface area contributed by atoms with Gasteiger partial charge in [-0.1, -0.05) is 35.9 Å². The summed E-state index contributed by atoms with van der Waals surface area (Å²) >= 11 is 7.50. The Morgan fingerprint density at radius 1 is 1.23 bits per heavy atom. The monoisotopic (exact) mass is 337 g/mol. The summed E-state index contributed by atoms with van der Waals surface area (Å²) < 4.78 is 13.6. The van der Waals surface area contributed by atoms with Gasteiger partial charge in [-0.2, -0.15) is 11.8 Å². The third-order valence-corrected chi connectivity index (χ3v) is 4.57. The first kappa shape index (κ1) is 16.8. The van der Waals surface area contributed by atoms with E-state index in [1.54, 1.807) is 18.2 Å². The molecule has 0 aliphatic heterocycles. The van der Waals surface area contributed by atoms with Crippen molar-refractivity contribution in [1.29, 1.82) is 0 Å². The zero-order valence-electron chi connectivity index (χ0n) is 12.2. The van der Waals surface area contributed by atoms with Crippen molar-refractivity contribution in [2.45, 2.75) is 12.7 Å². The zero-order valence-corrected chi connectivity index (χ0v) is 13.8. The molecule has 0 aromatic heterocycles.